The molecule has 0 saturated carbocycles. The molecule has 2 heterocycles. The van der Waals surface area contributed by atoms with Gasteiger partial charge in [0.25, 0.3) is 0 Å². The molecule has 28 heavy (non-hydrogen) atoms. The smallest absolute Gasteiger partial charge is 0.237 e. The number of benzene rings is 1. The molecule has 3 rings (SSSR count). The quantitative estimate of drug-likeness (QED) is 0.754. The van der Waals surface area contributed by atoms with Crippen molar-refractivity contribution in [1.82, 2.24) is 15.2 Å². The molecular formula is C21H25F2N3O2. The number of halogens is 2. The number of likely N-dealkylation sites (tertiary alicyclic amines) is 1. The van der Waals surface area contributed by atoms with E-state index in [0.717, 1.165) is 31.1 Å². The minimum atomic E-state index is -0.621. The summed E-state index contributed by atoms with van der Waals surface area (Å²) in [6, 6.07) is 8.57. The SMILES string of the molecule is COCC(Cc1ccc(F)cc1F)NC(=O)C1CCCN1Cc1ccccn1. The van der Waals surface area contributed by atoms with Crippen LogP contribution >= 0.6 is 0 Å². The van der Waals surface area contributed by atoms with Crippen LogP contribution in [0.3, 0.4) is 0 Å². The number of hydrogen-bond donors (Lipinski definition) is 1. The van der Waals surface area contributed by atoms with E-state index in [2.05, 4.69) is 15.2 Å². The van der Waals surface area contributed by atoms with Crippen molar-refractivity contribution >= 4 is 5.91 Å². The molecule has 2 aromatic rings. The van der Waals surface area contributed by atoms with Crippen LogP contribution in [0.25, 0.3) is 0 Å². The average molecular weight is 389 g/mol. The van der Waals surface area contributed by atoms with Crippen LogP contribution in [0.5, 0.6) is 0 Å². The van der Waals surface area contributed by atoms with Crippen LogP contribution in [0.15, 0.2) is 42.6 Å². The number of carbonyl (C=O) groups excluding carboxylic acids is 1. The van der Waals surface area contributed by atoms with Crippen molar-refractivity contribution in [2.24, 2.45) is 0 Å². The lowest BCUT2D eigenvalue weighted by Gasteiger charge is -2.26. The number of carbonyl (C=O) groups is 1. The summed E-state index contributed by atoms with van der Waals surface area (Å²) in [6.07, 6.45) is 3.68. The van der Waals surface area contributed by atoms with E-state index in [4.69, 9.17) is 4.74 Å². The first-order chi connectivity index (χ1) is 13.6. The summed E-state index contributed by atoms with van der Waals surface area (Å²) >= 11 is 0. The van der Waals surface area contributed by atoms with Crippen LogP contribution in [0.1, 0.15) is 24.1 Å². The highest BCUT2D eigenvalue weighted by molar-refractivity contribution is 5.82. The summed E-state index contributed by atoms with van der Waals surface area (Å²) in [6.45, 7) is 1.69. The topological polar surface area (TPSA) is 54.5 Å². The molecule has 1 aliphatic heterocycles. The maximum Gasteiger partial charge on any atom is 0.237 e. The van der Waals surface area contributed by atoms with Crippen molar-refractivity contribution < 1.29 is 18.3 Å². The van der Waals surface area contributed by atoms with Gasteiger partial charge in [-0.3, -0.25) is 14.7 Å². The first kappa shape index (κ1) is 20.4. The molecule has 1 N–H and O–H groups in total. The van der Waals surface area contributed by atoms with Gasteiger partial charge in [0.2, 0.25) is 5.91 Å². The van der Waals surface area contributed by atoms with Crippen molar-refractivity contribution in [2.45, 2.75) is 37.9 Å². The molecule has 0 aliphatic carbocycles. The highest BCUT2D eigenvalue weighted by Crippen LogP contribution is 2.20. The Bertz CT molecular complexity index is 788. The number of rotatable bonds is 8. The summed E-state index contributed by atoms with van der Waals surface area (Å²) in [5.74, 6) is -1.34. The van der Waals surface area contributed by atoms with E-state index < -0.39 is 17.7 Å². The number of pyridine rings is 1. The van der Waals surface area contributed by atoms with Gasteiger partial charge in [-0.1, -0.05) is 12.1 Å². The summed E-state index contributed by atoms with van der Waals surface area (Å²) in [7, 11) is 1.53. The van der Waals surface area contributed by atoms with E-state index in [1.54, 1.807) is 6.20 Å². The standard InChI is InChI=1S/C21H25F2N3O2/c1-28-14-18(11-15-7-8-16(22)12-19(15)23)25-21(27)20-6-4-10-26(20)13-17-5-2-3-9-24-17/h2-3,5,7-9,12,18,20H,4,6,10-11,13-14H2,1H3,(H,25,27). The van der Waals surface area contributed by atoms with Crippen LogP contribution < -0.4 is 5.32 Å². The minimum Gasteiger partial charge on any atom is -0.383 e. The number of amides is 1. The Kier molecular flexibility index (Phi) is 7.06. The largest absolute Gasteiger partial charge is 0.383 e. The number of hydrogen-bond acceptors (Lipinski definition) is 4. The van der Waals surface area contributed by atoms with Gasteiger partial charge in [0.15, 0.2) is 0 Å². The lowest BCUT2D eigenvalue weighted by molar-refractivity contribution is -0.126. The molecule has 7 heteroatoms. The average Bonchev–Trinajstić information content (AvgIpc) is 3.13. The molecule has 1 aromatic heterocycles. The Hall–Kier alpha value is -2.38. The molecule has 1 aromatic carbocycles. The molecule has 150 valence electrons. The van der Waals surface area contributed by atoms with Gasteiger partial charge in [-0.15, -0.1) is 0 Å². The van der Waals surface area contributed by atoms with Gasteiger partial charge >= 0.3 is 0 Å². The number of nitrogens with one attached hydrogen (secondary N) is 1. The van der Waals surface area contributed by atoms with Gasteiger partial charge in [0, 0.05) is 25.9 Å². The number of nitrogens with zero attached hydrogens (tertiary/aromatic N) is 2. The van der Waals surface area contributed by atoms with Crippen molar-refractivity contribution in [3.63, 3.8) is 0 Å². The third kappa shape index (κ3) is 5.33. The Morgan fingerprint density at radius 3 is 2.93 bits per heavy atom. The third-order valence-electron chi connectivity index (χ3n) is 4.95. The molecule has 0 radical (unpaired) electrons. The van der Waals surface area contributed by atoms with E-state index in [1.807, 2.05) is 18.2 Å². The molecule has 1 aliphatic rings. The lowest BCUT2D eigenvalue weighted by Crippen LogP contribution is -2.48. The number of methoxy groups -OCH3 is 1. The van der Waals surface area contributed by atoms with E-state index in [9.17, 15) is 13.6 Å². The van der Waals surface area contributed by atoms with E-state index in [0.29, 0.717) is 12.1 Å². The second-order valence-corrected chi connectivity index (χ2v) is 7.05. The summed E-state index contributed by atoms with van der Waals surface area (Å²) in [4.78, 5) is 19.3. The molecule has 1 amide bonds. The van der Waals surface area contributed by atoms with Crippen LogP contribution in [0.4, 0.5) is 8.78 Å². The first-order valence-corrected chi connectivity index (χ1v) is 9.44. The zero-order valence-corrected chi connectivity index (χ0v) is 15.9. The van der Waals surface area contributed by atoms with Gasteiger partial charge in [-0.05, 0) is 49.6 Å². The summed E-state index contributed by atoms with van der Waals surface area (Å²) in [5, 5.41) is 2.98. The molecule has 0 spiro atoms. The van der Waals surface area contributed by atoms with E-state index in [-0.39, 0.29) is 25.0 Å². The van der Waals surface area contributed by atoms with Gasteiger partial charge in [-0.25, -0.2) is 8.78 Å². The predicted octanol–water partition coefficient (Wildman–Crippen LogP) is 2.70. The summed E-state index contributed by atoms with van der Waals surface area (Å²) in [5.41, 5.74) is 1.27. The van der Waals surface area contributed by atoms with Gasteiger partial charge in [0.1, 0.15) is 11.6 Å². The highest BCUT2D eigenvalue weighted by atomic mass is 19.1. The Balaban J connectivity index is 1.64. The highest BCUT2D eigenvalue weighted by Gasteiger charge is 2.32. The molecule has 1 saturated heterocycles. The normalized spacial score (nSPS) is 18.2. The Morgan fingerprint density at radius 1 is 1.36 bits per heavy atom. The van der Waals surface area contributed by atoms with Gasteiger partial charge in [0.05, 0.1) is 24.4 Å². The Labute approximate surface area is 163 Å². The molecule has 1 fully saturated rings. The maximum absolute atomic E-state index is 14.0. The van der Waals surface area contributed by atoms with E-state index in [1.165, 1.54) is 19.2 Å². The van der Waals surface area contributed by atoms with Crippen molar-refractivity contribution in [2.75, 3.05) is 20.3 Å². The van der Waals surface area contributed by atoms with Crippen LogP contribution in [0.2, 0.25) is 0 Å². The zero-order valence-electron chi connectivity index (χ0n) is 15.9. The second kappa shape index (κ2) is 9.71. The summed E-state index contributed by atoms with van der Waals surface area (Å²) < 4.78 is 32.3. The lowest BCUT2D eigenvalue weighted by atomic mass is 10.0. The van der Waals surface area contributed by atoms with Crippen LogP contribution in [-0.2, 0) is 22.5 Å². The van der Waals surface area contributed by atoms with Gasteiger partial charge < -0.3 is 10.1 Å². The maximum atomic E-state index is 14.0. The first-order valence-electron chi connectivity index (χ1n) is 9.44. The van der Waals surface area contributed by atoms with Crippen LogP contribution in [-0.4, -0.2) is 48.1 Å². The number of ether oxygens (including phenoxy) is 1. The molecule has 2 unspecified atom stereocenters. The zero-order chi connectivity index (χ0) is 19.9. The van der Waals surface area contributed by atoms with Crippen molar-refractivity contribution in [1.29, 1.82) is 0 Å². The van der Waals surface area contributed by atoms with Crippen LogP contribution in [0, 0.1) is 11.6 Å². The molecule has 0 bridgehead atoms. The van der Waals surface area contributed by atoms with Crippen molar-refractivity contribution in [3.05, 3.63) is 65.5 Å². The minimum absolute atomic E-state index is 0.0991. The molecule has 5 nitrogen and oxygen atoms in total. The monoisotopic (exact) mass is 389 g/mol. The molecular weight excluding hydrogens is 364 g/mol. The van der Waals surface area contributed by atoms with Gasteiger partial charge in [-0.2, -0.15) is 0 Å². The van der Waals surface area contributed by atoms with Crippen molar-refractivity contribution in [3.8, 4) is 0 Å². The Morgan fingerprint density at radius 2 is 2.21 bits per heavy atom. The predicted molar refractivity (Wildman–Crippen MR) is 102 cm³/mol. The number of aromatic nitrogens is 1. The second-order valence-electron chi connectivity index (χ2n) is 7.05. The third-order valence-corrected chi connectivity index (χ3v) is 4.95. The fourth-order valence-electron chi connectivity index (χ4n) is 3.61. The fraction of sp³-hybridized carbons (Fsp3) is 0.429. The molecule has 2 atom stereocenters. The fourth-order valence-corrected chi connectivity index (χ4v) is 3.61. The van der Waals surface area contributed by atoms with E-state index >= 15 is 0 Å².